The first-order valence-electron chi connectivity index (χ1n) is 3.54. The van der Waals surface area contributed by atoms with Crippen LogP contribution in [0.2, 0.25) is 0 Å². The van der Waals surface area contributed by atoms with E-state index in [9.17, 15) is 4.79 Å². The SMILES string of the molecule is [CH2]OC(=O)Oc1ccc(OC)cc1. The largest absolute Gasteiger partial charge is 0.513 e. The highest BCUT2D eigenvalue weighted by Crippen LogP contribution is 2.17. The van der Waals surface area contributed by atoms with Gasteiger partial charge >= 0.3 is 6.16 Å². The zero-order valence-electron chi connectivity index (χ0n) is 7.15. The minimum atomic E-state index is -0.842. The molecule has 0 unspecified atom stereocenters. The number of carbonyl (C=O) groups excluding carboxylic acids is 1. The van der Waals surface area contributed by atoms with Gasteiger partial charge in [0.25, 0.3) is 0 Å². The van der Waals surface area contributed by atoms with Gasteiger partial charge in [-0.1, -0.05) is 0 Å². The molecule has 0 fully saturated rings. The Bertz CT molecular complexity index is 278. The van der Waals surface area contributed by atoms with Crippen LogP contribution in [-0.4, -0.2) is 13.3 Å². The van der Waals surface area contributed by atoms with Crippen LogP contribution in [0.25, 0.3) is 0 Å². The number of carbonyl (C=O) groups is 1. The summed E-state index contributed by atoms with van der Waals surface area (Å²) in [6.07, 6.45) is -0.842. The summed E-state index contributed by atoms with van der Waals surface area (Å²) in [5.74, 6) is 1.07. The van der Waals surface area contributed by atoms with Crippen LogP contribution >= 0.6 is 0 Å². The molecule has 0 saturated carbocycles. The van der Waals surface area contributed by atoms with E-state index in [2.05, 4.69) is 16.6 Å². The highest BCUT2D eigenvalue weighted by molar-refractivity contribution is 5.63. The predicted octanol–water partition coefficient (Wildman–Crippen LogP) is 2.00. The maximum absolute atomic E-state index is 10.6. The summed E-state index contributed by atoms with van der Waals surface area (Å²) < 4.78 is 13.7. The summed E-state index contributed by atoms with van der Waals surface area (Å²) in [5, 5.41) is 0. The highest BCUT2D eigenvalue weighted by atomic mass is 16.7. The maximum Gasteiger partial charge on any atom is 0.513 e. The van der Waals surface area contributed by atoms with Crippen molar-refractivity contribution < 1.29 is 19.0 Å². The Kier molecular flexibility index (Phi) is 3.14. The van der Waals surface area contributed by atoms with Gasteiger partial charge in [-0.3, -0.25) is 0 Å². The molecule has 0 spiro atoms. The molecule has 0 bridgehead atoms. The summed E-state index contributed by atoms with van der Waals surface area (Å²) in [6, 6.07) is 6.53. The number of rotatable bonds is 2. The van der Waals surface area contributed by atoms with Crippen LogP contribution in [0.5, 0.6) is 11.5 Å². The summed E-state index contributed by atoms with van der Waals surface area (Å²) in [6.45, 7) is 0. The molecular formula is C9H9O4. The molecule has 0 atom stereocenters. The molecule has 4 nitrogen and oxygen atoms in total. The molecule has 0 heterocycles. The van der Waals surface area contributed by atoms with Gasteiger partial charge < -0.3 is 14.2 Å². The molecular weight excluding hydrogens is 172 g/mol. The van der Waals surface area contributed by atoms with Gasteiger partial charge in [0.2, 0.25) is 0 Å². The van der Waals surface area contributed by atoms with E-state index in [0.717, 1.165) is 0 Å². The van der Waals surface area contributed by atoms with Gasteiger partial charge in [0.05, 0.1) is 7.11 Å². The lowest BCUT2D eigenvalue weighted by atomic mass is 10.3. The third-order valence-corrected chi connectivity index (χ3v) is 1.38. The zero-order valence-corrected chi connectivity index (χ0v) is 7.15. The van der Waals surface area contributed by atoms with Crippen molar-refractivity contribution in [3.8, 4) is 11.5 Å². The van der Waals surface area contributed by atoms with Gasteiger partial charge in [-0.15, -0.1) is 0 Å². The van der Waals surface area contributed by atoms with Crippen molar-refractivity contribution in [1.82, 2.24) is 0 Å². The van der Waals surface area contributed by atoms with Crippen molar-refractivity contribution in [2.24, 2.45) is 0 Å². The average Bonchev–Trinajstić information content (AvgIpc) is 2.19. The van der Waals surface area contributed by atoms with Crippen LogP contribution in [0.1, 0.15) is 0 Å². The number of hydrogen-bond acceptors (Lipinski definition) is 4. The zero-order chi connectivity index (χ0) is 9.68. The molecule has 0 aliphatic carbocycles. The van der Waals surface area contributed by atoms with Crippen molar-refractivity contribution in [3.05, 3.63) is 31.4 Å². The van der Waals surface area contributed by atoms with Crippen molar-refractivity contribution >= 4 is 6.16 Å². The third-order valence-electron chi connectivity index (χ3n) is 1.38. The molecule has 1 aromatic rings. The number of methoxy groups -OCH3 is 1. The van der Waals surface area contributed by atoms with E-state index >= 15 is 0 Å². The minimum absolute atomic E-state index is 0.384. The maximum atomic E-state index is 10.6. The predicted molar refractivity (Wildman–Crippen MR) is 45.5 cm³/mol. The van der Waals surface area contributed by atoms with E-state index < -0.39 is 6.16 Å². The van der Waals surface area contributed by atoms with Crippen LogP contribution in [0.15, 0.2) is 24.3 Å². The van der Waals surface area contributed by atoms with Crippen LogP contribution < -0.4 is 9.47 Å². The molecule has 1 rings (SSSR count). The topological polar surface area (TPSA) is 44.8 Å². The summed E-state index contributed by atoms with van der Waals surface area (Å²) >= 11 is 0. The van der Waals surface area contributed by atoms with Crippen molar-refractivity contribution in [1.29, 1.82) is 0 Å². The summed E-state index contributed by atoms with van der Waals surface area (Å²) in [4.78, 5) is 10.6. The van der Waals surface area contributed by atoms with Crippen LogP contribution in [-0.2, 0) is 4.74 Å². The second kappa shape index (κ2) is 4.35. The third kappa shape index (κ3) is 2.66. The number of benzene rings is 1. The van der Waals surface area contributed by atoms with Gasteiger partial charge in [0, 0.05) is 0 Å². The Hall–Kier alpha value is -1.71. The van der Waals surface area contributed by atoms with Crippen molar-refractivity contribution in [3.63, 3.8) is 0 Å². The second-order valence-electron chi connectivity index (χ2n) is 2.17. The van der Waals surface area contributed by atoms with Crippen molar-refractivity contribution in [2.45, 2.75) is 0 Å². The van der Waals surface area contributed by atoms with E-state index in [1.165, 1.54) is 0 Å². The normalized spacial score (nSPS) is 9.08. The van der Waals surface area contributed by atoms with E-state index in [1.807, 2.05) is 0 Å². The smallest absolute Gasteiger partial charge is 0.497 e. The van der Waals surface area contributed by atoms with E-state index in [-0.39, 0.29) is 0 Å². The second-order valence-corrected chi connectivity index (χ2v) is 2.17. The minimum Gasteiger partial charge on any atom is -0.497 e. The summed E-state index contributed by atoms with van der Waals surface area (Å²) in [7, 11) is 4.47. The lowest BCUT2D eigenvalue weighted by Crippen LogP contribution is -2.05. The van der Waals surface area contributed by atoms with E-state index in [4.69, 9.17) is 4.74 Å². The molecule has 0 N–H and O–H groups in total. The first-order valence-corrected chi connectivity index (χ1v) is 3.54. The standard InChI is InChI=1S/C9H9O4/c1-11-7-3-5-8(6-4-7)13-9(10)12-2/h3-6H,2H2,1H3. The van der Waals surface area contributed by atoms with Gasteiger partial charge in [0.15, 0.2) is 0 Å². The number of ether oxygens (including phenoxy) is 3. The van der Waals surface area contributed by atoms with E-state index in [1.54, 1.807) is 31.4 Å². The van der Waals surface area contributed by atoms with E-state index in [0.29, 0.717) is 11.5 Å². The molecule has 0 saturated heterocycles. The van der Waals surface area contributed by atoms with Gasteiger partial charge in [-0.25, -0.2) is 4.79 Å². The Morgan fingerprint density at radius 3 is 2.23 bits per heavy atom. The molecule has 0 aromatic heterocycles. The fraction of sp³-hybridized carbons (Fsp3) is 0.111. The lowest BCUT2D eigenvalue weighted by molar-refractivity contribution is 0.133. The molecule has 0 aliphatic heterocycles. The quantitative estimate of drug-likeness (QED) is 0.517. The fourth-order valence-corrected chi connectivity index (χ4v) is 0.769. The van der Waals surface area contributed by atoms with Crippen LogP contribution in [0, 0.1) is 7.11 Å². The molecule has 1 aromatic carbocycles. The van der Waals surface area contributed by atoms with Gasteiger partial charge in [0.1, 0.15) is 18.6 Å². The monoisotopic (exact) mass is 181 g/mol. The molecule has 0 amide bonds. The lowest BCUT2D eigenvalue weighted by Gasteiger charge is -2.02. The van der Waals surface area contributed by atoms with Crippen LogP contribution in [0.4, 0.5) is 4.79 Å². The number of hydrogen-bond donors (Lipinski definition) is 0. The Labute approximate surface area is 76.0 Å². The first kappa shape index (κ1) is 9.38. The first-order chi connectivity index (χ1) is 6.26. The Morgan fingerprint density at radius 2 is 1.77 bits per heavy atom. The summed E-state index contributed by atoms with van der Waals surface area (Å²) in [5.41, 5.74) is 0. The molecule has 4 heteroatoms. The van der Waals surface area contributed by atoms with Crippen molar-refractivity contribution in [2.75, 3.05) is 7.11 Å². The molecule has 69 valence electrons. The molecule has 1 radical (unpaired) electrons. The molecule has 0 aliphatic rings. The van der Waals surface area contributed by atoms with Gasteiger partial charge in [-0.05, 0) is 24.3 Å². The Balaban J connectivity index is 2.64. The van der Waals surface area contributed by atoms with Crippen LogP contribution in [0.3, 0.4) is 0 Å². The van der Waals surface area contributed by atoms with Gasteiger partial charge in [-0.2, -0.15) is 0 Å². The highest BCUT2D eigenvalue weighted by Gasteiger charge is 2.02. The molecule has 13 heavy (non-hydrogen) atoms. The fourth-order valence-electron chi connectivity index (χ4n) is 0.769. The average molecular weight is 181 g/mol. The Morgan fingerprint density at radius 1 is 1.23 bits per heavy atom.